The van der Waals surface area contributed by atoms with Gasteiger partial charge in [-0.15, -0.1) is 0 Å². The summed E-state index contributed by atoms with van der Waals surface area (Å²) in [5.74, 6) is 0.835. The van der Waals surface area contributed by atoms with Crippen molar-refractivity contribution in [3.8, 4) is 5.75 Å². The number of H-pyrrole nitrogens is 1. The van der Waals surface area contributed by atoms with Gasteiger partial charge in [-0.3, -0.25) is 0 Å². The molecule has 1 aliphatic rings. The van der Waals surface area contributed by atoms with Crippen molar-refractivity contribution in [2.75, 3.05) is 20.2 Å². The van der Waals surface area contributed by atoms with Gasteiger partial charge in [0.05, 0.1) is 17.6 Å². The van der Waals surface area contributed by atoms with E-state index in [1.54, 1.807) is 7.11 Å². The third-order valence-electron chi connectivity index (χ3n) is 5.62. The number of aromatic nitrogens is 1. The summed E-state index contributed by atoms with van der Waals surface area (Å²) >= 11 is 0. The van der Waals surface area contributed by atoms with Crippen LogP contribution in [0, 0.1) is 0 Å². The number of benzene rings is 2. The predicted molar refractivity (Wildman–Crippen MR) is 107 cm³/mol. The van der Waals surface area contributed by atoms with Crippen LogP contribution in [-0.4, -0.2) is 37.9 Å². The maximum absolute atomic E-state index is 13.3. The fourth-order valence-corrected chi connectivity index (χ4v) is 5.74. The molecule has 0 aliphatic carbocycles. The highest BCUT2D eigenvalue weighted by atomic mass is 32.2. The number of sulfonamides is 1. The minimum Gasteiger partial charge on any atom is -0.497 e. The average Bonchev–Trinajstić information content (AvgIpc) is 3.16. The number of hydrogen-bond acceptors (Lipinski definition) is 3. The number of nitrogens with zero attached hydrogens (tertiary/aromatic N) is 1. The van der Waals surface area contributed by atoms with E-state index in [-0.39, 0.29) is 19.0 Å². The highest BCUT2D eigenvalue weighted by Crippen LogP contribution is 2.38. The molecule has 2 aromatic carbocycles. The number of alkyl halides is 3. The summed E-state index contributed by atoms with van der Waals surface area (Å²) < 4.78 is 72.3. The molecule has 0 amide bonds. The van der Waals surface area contributed by atoms with Crippen molar-refractivity contribution >= 4 is 20.9 Å². The van der Waals surface area contributed by atoms with Crippen LogP contribution in [0.25, 0.3) is 10.9 Å². The summed E-state index contributed by atoms with van der Waals surface area (Å²) in [6.07, 6.45) is -1.77. The summed E-state index contributed by atoms with van der Waals surface area (Å²) in [7, 11) is -2.64. The molecule has 0 bridgehead atoms. The van der Waals surface area contributed by atoms with E-state index in [2.05, 4.69) is 4.98 Å². The standard InChI is InChI=1S/C21H21F3N2O3S/c1-29-15-6-7-19-16(12-15)17(13-25-19)14-8-10-26(11-9-14)30(27,28)20-5-3-2-4-18(20)21(22,23)24/h2-7,12-14,25H,8-11H2,1H3. The van der Waals surface area contributed by atoms with E-state index in [0.717, 1.165) is 38.7 Å². The fourth-order valence-electron chi connectivity index (χ4n) is 4.06. The van der Waals surface area contributed by atoms with E-state index >= 15 is 0 Å². The third kappa shape index (κ3) is 3.67. The lowest BCUT2D eigenvalue weighted by Gasteiger charge is -2.31. The normalized spacial score (nSPS) is 16.8. The molecule has 3 aromatic rings. The smallest absolute Gasteiger partial charge is 0.417 e. The van der Waals surface area contributed by atoms with Crippen LogP contribution in [0.4, 0.5) is 13.2 Å². The average molecular weight is 438 g/mol. The number of methoxy groups -OCH3 is 1. The third-order valence-corrected chi connectivity index (χ3v) is 7.58. The quantitative estimate of drug-likeness (QED) is 0.639. The van der Waals surface area contributed by atoms with E-state index in [4.69, 9.17) is 4.74 Å². The summed E-state index contributed by atoms with van der Waals surface area (Å²) in [5, 5.41) is 1.01. The Morgan fingerprint density at radius 1 is 1.10 bits per heavy atom. The van der Waals surface area contributed by atoms with Crippen LogP contribution in [0.3, 0.4) is 0 Å². The Morgan fingerprint density at radius 3 is 2.47 bits per heavy atom. The highest BCUT2D eigenvalue weighted by molar-refractivity contribution is 7.89. The first-order valence-corrected chi connectivity index (χ1v) is 11.0. The number of hydrogen-bond donors (Lipinski definition) is 1. The van der Waals surface area contributed by atoms with Crippen molar-refractivity contribution in [3.63, 3.8) is 0 Å². The van der Waals surface area contributed by atoms with Gasteiger partial charge in [0.25, 0.3) is 0 Å². The van der Waals surface area contributed by atoms with Crippen molar-refractivity contribution in [1.29, 1.82) is 0 Å². The molecule has 2 heterocycles. The molecule has 0 atom stereocenters. The highest BCUT2D eigenvalue weighted by Gasteiger charge is 2.39. The summed E-state index contributed by atoms with van der Waals surface area (Å²) in [6, 6.07) is 10.0. The van der Waals surface area contributed by atoms with Crippen LogP contribution in [0.2, 0.25) is 0 Å². The van der Waals surface area contributed by atoms with E-state index in [9.17, 15) is 21.6 Å². The first kappa shape index (κ1) is 20.7. The molecule has 1 saturated heterocycles. The van der Waals surface area contributed by atoms with Crippen LogP contribution in [-0.2, 0) is 16.2 Å². The molecule has 0 radical (unpaired) electrons. The fraction of sp³-hybridized carbons (Fsp3) is 0.333. The lowest BCUT2D eigenvalue weighted by molar-refractivity contribution is -0.139. The maximum Gasteiger partial charge on any atom is 0.417 e. The Kier molecular flexibility index (Phi) is 5.27. The van der Waals surface area contributed by atoms with Crippen molar-refractivity contribution in [2.45, 2.75) is 29.8 Å². The number of aromatic amines is 1. The molecular weight excluding hydrogens is 417 g/mol. The molecular formula is C21H21F3N2O3S. The van der Waals surface area contributed by atoms with E-state index in [1.165, 1.54) is 12.1 Å². The van der Waals surface area contributed by atoms with Gasteiger partial charge in [0.1, 0.15) is 5.75 Å². The molecule has 0 unspecified atom stereocenters. The molecule has 0 spiro atoms. The topological polar surface area (TPSA) is 62.4 Å². The summed E-state index contributed by atoms with van der Waals surface area (Å²) in [4.78, 5) is 2.53. The lowest BCUT2D eigenvalue weighted by Crippen LogP contribution is -2.38. The zero-order valence-corrected chi connectivity index (χ0v) is 17.1. The molecule has 5 nitrogen and oxygen atoms in total. The lowest BCUT2D eigenvalue weighted by atomic mass is 9.90. The van der Waals surface area contributed by atoms with Crippen LogP contribution >= 0.6 is 0 Å². The van der Waals surface area contributed by atoms with Gasteiger partial charge < -0.3 is 9.72 Å². The minimum atomic E-state index is -4.73. The van der Waals surface area contributed by atoms with Gasteiger partial charge in [-0.2, -0.15) is 17.5 Å². The van der Waals surface area contributed by atoms with E-state index in [1.807, 2.05) is 24.4 Å². The van der Waals surface area contributed by atoms with Gasteiger partial charge in [0.15, 0.2) is 0 Å². The van der Waals surface area contributed by atoms with Crippen molar-refractivity contribution in [3.05, 3.63) is 59.8 Å². The second-order valence-electron chi connectivity index (χ2n) is 7.33. The van der Waals surface area contributed by atoms with Crippen LogP contribution in [0.1, 0.15) is 29.9 Å². The molecule has 4 rings (SSSR count). The molecule has 160 valence electrons. The number of fused-ring (bicyclic) bond motifs is 1. The molecule has 9 heteroatoms. The molecule has 30 heavy (non-hydrogen) atoms. The number of nitrogens with one attached hydrogen (secondary N) is 1. The van der Waals surface area contributed by atoms with Crippen molar-refractivity contribution in [2.24, 2.45) is 0 Å². The number of halogens is 3. The Bertz CT molecular complexity index is 1160. The first-order chi connectivity index (χ1) is 14.2. The number of ether oxygens (including phenoxy) is 1. The van der Waals surface area contributed by atoms with Crippen LogP contribution < -0.4 is 4.74 Å². The molecule has 1 aliphatic heterocycles. The van der Waals surface area contributed by atoms with Gasteiger partial charge in [-0.05, 0) is 54.7 Å². The summed E-state index contributed by atoms with van der Waals surface area (Å²) in [6.45, 7) is 0.325. The Morgan fingerprint density at radius 2 is 1.80 bits per heavy atom. The monoisotopic (exact) mass is 438 g/mol. The predicted octanol–water partition coefficient (Wildman–Crippen LogP) is 4.76. The molecule has 0 saturated carbocycles. The molecule has 1 aromatic heterocycles. The number of piperidine rings is 1. The second-order valence-corrected chi connectivity index (χ2v) is 9.23. The van der Waals surface area contributed by atoms with Gasteiger partial charge in [-0.25, -0.2) is 8.42 Å². The van der Waals surface area contributed by atoms with Crippen LogP contribution in [0.5, 0.6) is 5.75 Å². The second kappa shape index (κ2) is 7.63. The largest absolute Gasteiger partial charge is 0.497 e. The van der Waals surface area contributed by atoms with E-state index in [0.29, 0.717) is 12.8 Å². The zero-order chi connectivity index (χ0) is 21.5. The van der Waals surface area contributed by atoms with Crippen molar-refractivity contribution < 1.29 is 26.3 Å². The molecule has 1 N–H and O–H groups in total. The first-order valence-electron chi connectivity index (χ1n) is 9.53. The zero-order valence-electron chi connectivity index (χ0n) is 16.2. The Labute approximate surface area is 172 Å². The molecule has 1 fully saturated rings. The van der Waals surface area contributed by atoms with Gasteiger partial charge in [0, 0.05) is 30.2 Å². The van der Waals surface area contributed by atoms with Gasteiger partial charge in [0.2, 0.25) is 10.0 Å². The van der Waals surface area contributed by atoms with E-state index < -0.39 is 26.7 Å². The SMILES string of the molecule is COc1ccc2[nH]cc(C3CCN(S(=O)(=O)c4ccccc4C(F)(F)F)CC3)c2c1. The minimum absolute atomic E-state index is 0.107. The summed E-state index contributed by atoms with van der Waals surface area (Å²) in [5.41, 5.74) is 0.896. The van der Waals surface area contributed by atoms with Crippen molar-refractivity contribution in [1.82, 2.24) is 9.29 Å². The maximum atomic E-state index is 13.3. The number of rotatable bonds is 4. The Balaban J connectivity index is 1.57. The van der Waals surface area contributed by atoms with Gasteiger partial charge in [-0.1, -0.05) is 12.1 Å². The Hall–Kier alpha value is -2.52. The van der Waals surface area contributed by atoms with Crippen LogP contribution in [0.15, 0.2) is 53.6 Å². The van der Waals surface area contributed by atoms with Gasteiger partial charge >= 0.3 is 6.18 Å².